The number of hydrogen-bond acceptors (Lipinski definition) is 3. The predicted octanol–water partition coefficient (Wildman–Crippen LogP) is 3.38. The van der Waals surface area contributed by atoms with Gasteiger partial charge in [-0.05, 0) is 24.8 Å². The van der Waals surface area contributed by atoms with E-state index in [0.717, 1.165) is 12.1 Å². The molecule has 0 atom stereocenters. The molecule has 1 heterocycles. The quantitative estimate of drug-likeness (QED) is 0.856. The van der Waals surface area contributed by atoms with Gasteiger partial charge in [-0.15, -0.1) is 0 Å². The van der Waals surface area contributed by atoms with E-state index >= 15 is 0 Å². The molecule has 0 aliphatic heterocycles. The van der Waals surface area contributed by atoms with Gasteiger partial charge < -0.3 is 9.52 Å². The summed E-state index contributed by atoms with van der Waals surface area (Å²) < 4.78 is 5.07. The van der Waals surface area contributed by atoms with Crippen LogP contribution in [0.1, 0.15) is 55.6 Å². The van der Waals surface area contributed by atoms with E-state index in [1.807, 2.05) is 0 Å². The Morgan fingerprint density at radius 1 is 1.47 bits per heavy atom. The van der Waals surface area contributed by atoms with Crippen molar-refractivity contribution >= 4 is 5.97 Å². The standard InChI is InChI=1S/C15H23NO3/c1-11(2)9-16(13-5-3-4-6-13)10-12-7-8-19-14(12)15(17)18/h7-8,11,13H,3-6,9-10H2,1-2H3,(H,17,18). The van der Waals surface area contributed by atoms with Gasteiger partial charge in [-0.3, -0.25) is 4.90 Å². The molecule has 0 unspecified atom stereocenters. The van der Waals surface area contributed by atoms with Crippen LogP contribution in [0.15, 0.2) is 16.7 Å². The molecule has 0 amide bonds. The van der Waals surface area contributed by atoms with Gasteiger partial charge in [0.15, 0.2) is 0 Å². The van der Waals surface area contributed by atoms with Crippen LogP contribution >= 0.6 is 0 Å². The van der Waals surface area contributed by atoms with Gasteiger partial charge >= 0.3 is 5.97 Å². The number of carboxylic acid groups (broad SMARTS) is 1. The van der Waals surface area contributed by atoms with Crippen molar-refractivity contribution in [1.82, 2.24) is 4.90 Å². The second-order valence-electron chi connectivity index (χ2n) is 5.84. The molecule has 106 valence electrons. The lowest BCUT2D eigenvalue weighted by Crippen LogP contribution is -2.35. The highest BCUT2D eigenvalue weighted by Gasteiger charge is 2.25. The minimum absolute atomic E-state index is 0.0896. The number of furan rings is 1. The summed E-state index contributed by atoms with van der Waals surface area (Å²) in [7, 11) is 0. The molecule has 1 fully saturated rings. The molecule has 1 saturated carbocycles. The number of carbonyl (C=O) groups is 1. The first-order valence-electron chi connectivity index (χ1n) is 7.11. The molecule has 19 heavy (non-hydrogen) atoms. The molecule has 0 radical (unpaired) electrons. The minimum atomic E-state index is -0.976. The van der Waals surface area contributed by atoms with Crippen LogP contribution in [-0.4, -0.2) is 28.6 Å². The summed E-state index contributed by atoms with van der Waals surface area (Å²) in [5.74, 6) is -0.302. The Hall–Kier alpha value is -1.29. The molecule has 1 aromatic rings. The van der Waals surface area contributed by atoms with E-state index in [0.29, 0.717) is 18.5 Å². The van der Waals surface area contributed by atoms with Crippen molar-refractivity contribution in [2.45, 2.75) is 52.1 Å². The molecule has 0 saturated heterocycles. The molecule has 1 aliphatic carbocycles. The molecule has 0 aromatic carbocycles. The lowest BCUT2D eigenvalue weighted by molar-refractivity contribution is 0.0657. The fourth-order valence-electron chi connectivity index (χ4n) is 2.95. The van der Waals surface area contributed by atoms with E-state index in [1.165, 1.54) is 31.9 Å². The monoisotopic (exact) mass is 265 g/mol. The number of nitrogens with zero attached hydrogens (tertiary/aromatic N) is 1. The predicted molar refractivity (Wildman–Crippen MR) is 73.2 cm³/mol. The molecule has 0 spiro atoms. The Kier molecular flexibility index (Phi) is 4.64. The summed E-state index contributed by atoms with van der Waals surface area (Å²) in [6, 6.07) is 2.38. The van der Waals surface area contributed by atoms with Crippen molar-refractivity contribution in [2.75, 3.05) is 6.54 Å². The van der Waals surface area contributed by atoms with Crippen LogP contribution in [0, 0.1) is 5.92 Å². The van der Waals surface area contributed by atoms with Crippen molar-refractivity contribution in [1.29, 1.82) is 0 Å². The highest BCUT2D eigenvalue weighted by atomic mass is 16.4. The zero-order valence-corrected chi connectivity index (χ0v) is 11.8. The summed E-state index contributed by atoms with van der Waals surface area (Å²) in [5, 5.41) is 9.10. The first-order valence-corrected chi connectivity index (χ1v) is 7.11. The third kappa shape index (κ3) is 3.60. The molecule has 0 bridgehead atoms. The molecule has 4 heteroatoms. The maximum atomic E-state index is 11.1. The molecule has 2 rings (SSSR count). The van der Waals surface area contributed by atoms with Crippen LogP contribution in [-0.2, 0) is 6.54 Å². The van der Waals surface area contributed by atoms with Gasteiger partial charge in [0, 0.05) is 24.7 Å². The third-order valence-electron chi connectivity index (χ3n) is 3.76. The number of aromatic carboxylic acids is 1. The summed E-state index contributed by atoms with van der Waals surface area (Å²) >= 11 is 0. The minimum Gasteiger partial charge on any atom is -0.475 e. The smallest absolute Gasteiger partial charge is 0.372 e. The van der Waals surface area contributed by atoms with E-state index in [4.69, 9.17) is 9.52 Å². The summed E-state index contributed by atoms with van der Waals surface area (Å²) in [6.45, 7) is 6.10. The van der Waals surface area contributed by atoms with E-state index in [-0.39, 0.29) is 5.76 Å². The summed E-state index contributed by atoms with van der Waals surface area (Å²) in [6.07, 6.45) is 6.51. The van der Waals surface area contributed by atoms with Crippen LogP contribution in [0.2, 0.25) is 0 Å². The van der Waals surface area contributed by atoms with Crippen LogP contribution in [0.5, 0.6) is 0 Å². The zero-order valence-electron chi connectivity index (χ0n) is 11.8. The Balaban J connectivity index is 2.10. The second-order valence-corrected chi connectivity index (χ2v) is 5.84. The van der Waals surface area contributed by atoms with Crippen molar-refractivity contribution < 1.29 is 14.3 Å². The van der Waals surface area contributed by atoms with Gasteiger partial charge in [-0.2, -0.15) is 0 Å². The largest absolute Gasteiger partial charge is 0.475 e. The van der Waals surface area contributed by atoms with Crippen LogP contribution in [0.25, 0.3) is 0 Å². The lowest BCUT2D eigenvalue weighted by atomic mass is 10.1. The zero-order chi connectivity index (χ0) is 13.8. The third-order valence-corrected chi connectivity index (χ3v) is 3.76. The molecular formula is C15H23NO3. The Morgan fingerprint density at radius 2 is 2.16 bits per heavy atom. The van der Waals surface area contributed by atoms with Gasteiger partial charge in [-0.1, -0.05) is 26.7 Å². The SMILES string of the molecule is CC(C)CN(Cc1ccoc1C(=O)O)C1CCCC1. The fourth-order valence-corrected chi connectivity index (χ4v) is 2.95. The molecule has 4 nitrogen and oxygen atoms in total. The molecule has 1 aromatic heterocycles. The van der Waals surface area contributed by atoms with E-state index < -0.39 is 5.97 Å². The second kappa shape index (κ2) is 6.24. The Morgan fingerprint density at radius 3 is 2.74 bits per heavy atom. The number of rotatable bonds is 6. The molecular weight excluding hydrogens is 242 g/mol. The van der Waals surface area contributed by atoms with E-state index in [1.54, 1.807) is 6.07 Å². The summed E-state index contributed by atoms with van der Waals surface area (Å²) in [5.41, 5.74) is 0.792. The van der Waals surface area contributed by atoms with Crippen molar-refractivity contribution in [3.63, 3.8) is 0 Å². The fraction of sp³-hybridized carbons (Fsp3) is 0.667. The van der Waals surface area contributed by atoms with Gasteiger partial charge in [-0.25, -0.2) is 4.79 Å². The average molecular weight is 265 g/mol. The van der Waals surface area contributed by atoms with E-state index in [2.05, 4.69) is 18.7 Å². The average Bonchev–Trinajstić information content (AvgIpc) is 2.98. The Bertz CT molecular complexity index is 419. The van der Waals surface area contributed by atoms with Gasteiger partial charge in [0.2, 0.25) is 5.76 Å². The van der Waals surface area contributed by atoms with Gasteiger partial charge in [0.1, 0.15) is 0 Å². The topological polar surface area (TPSA) is 53.7 Å². The first kappa shape index (κ1) is 14.1. The number of hydrogen-bond donors (Lipinski definition) is 1. The Labute approximate surface area is 114 Å². The highest BCUT2D eigenvalue weighted by molar-refractivity contribution is 5.86. The van der Waals surface area contributed by atoms with Crippen molar-refractivity contribution in [2.24, 2.45) is 5.92 Å². The summed E-state index contributed by atoms with van der Waals surface area (Å²) in [4.78, 5) is 13.5. The van der Waals surface area contributed by atoms with Gasteiger partial charge in [0.25, 0.3) is 0 Å². The van der Waals surface area contributed by atoms with Crippen molar-refractivity contribution in [3.05, 3.63) is 23.7 Å². The van der Waals surface area contributed by atoms with Gasteiger partial charge in [0.05, 0.1) is 6.26 Å². The molecule has 1 N–H and O–H groups in total. The number of carboxylic acids is 1. The lowest BCUT2D eigenvalue weighted by Gasteiger charge is -2.30. The highest BCUT2D eigenvalue weighted by Crippen LogP contribution is 2.26. The first-order chi connectivity index (χ1) is 9.08. The van der Waals surface area contributed by atoms with Crippen LogP contribution in [0.4, 0.5) is 0 Å². The maximum Gasteiger partial charge on any atom is 0.372 e. The van der Waals surface area contributed by atoms with E-state index in [9.17, 15) is 4.79 Å². The normalized spacial score (nSPS) is 16.6. The molecule has 1 aliphatic rings. The van der Waals surface area contributed by atoms with Crippen molar-refractivity contribution in [3.8, 4) is 0 Å². The maximum absolute atomic E-state index is 11.1. The van der Waals surface area contributed by atoms with Crippen LogP contribution < -0.4 is 0 Å². The van der Waals surface area contributed by atoms with Crippen LogP contribution in [0.3, 0.4) is 0 Å².